The molecule has 0 saturated carbocycles. The average molecular weight is 364 g/mol. The number of hydrogen-bond donors (Lipinski definition) is 2. The topological polar surface area (TPSA) is 58.6 Å². The summed E-state index contributed by atoms with van der Waals surface area (Å²) in [5.41, 5.74) is -3.45. The number of carbonyl (C=O) groups is 1. The fourth-order valence-corrected chi connectivity index (χ4v) is 1.60. The Labute approximate surface area is 142 Å². The first-order chi connectivity index (χ1) is 10.7. The van der Waals surface area contributed by atoms with E-state index in [2.05, 4.69) is 11.2 Å². The summed E-state index contributed by atoms with van der Waals surface area (Å²) in [4.78, 5) is 11.7. The van der Waals surface area contributed by atoms with Gasteiger partial charge in [0.1, 0.15) is 5.60 Å². The smallest absolute Gasteiger partial charge is 0.428 e. The van der Waals surface area contributed by atoms with Gasteiger partial charge in [-0.25, -0.2) is 4.79 Å². The second-order valence-corrected chi connectivity index (χ2v) is 6.55. The molecule has 1 rings (SSSR count). The number of ether oxygens (including phenoxy) is 1. The number of rotatable bonds is 1. The van der Waals surface area contributed by atoms with Crippen molar-refractivity contribution >= 4 is 23.4 Å². The lowest BCUT2D eigenvalue weighted by atomic mass is 10.1. The zero-order chi connectivity index (χ0) is 18.8. The third kappa shape index (κ3) is 5.95. The van der Waals surface area contributed by atoms with E-state index < -0.39 is 23.5 Å². The maximum atomic E-state index is 12.5. The fraction of sp³-hybridized carbons (Fsp3) is 0.438. The van der Waals surface area contributed by atoms with Gasteiger partial charge in [0.25, 0.3) is 0 Å². The first-order valence-corrected chi connectivity index (χ1v) is 7.21. The number of amides is 1. The van der Waals surface area contributed by atoms with Crippen LogP contribution in [0.4, 0.5) is 23.7 Å². The van der Waals surface area contributed by atoms with Crippen molar-refractivity contribution in [3.8, 4) is 11.8 Å². The maximum Gasteiger partial charge on any atom is 0.428 e. The molecule has 0 saturated heterocycles. The van der Waals surface area contributed by atoms with E-state index in [0.717, 1.165) is 0 Å². The molecular weight excluding hydrogens is 347 g/mol. The van der Waals surface area contributed by atoms with Crippen LogP contribution in [0.3, 0.4) is 0 Å². The molecule has 1 amide bonds. The number of alkyl halides is 3. The first-order valence-electron chi connectivity index (χ1n) is 6.83. The number of halogens is 4. The van der Waals surface area contributed by atoms with Crippen LogP contribution in [-0.2, 0) is 4.74 Å². The summed E-state index contributed by atoms with van der Waals surface area (Å²) in [6.45, 7) is 5.64. The monoisotopic (exact) mass is 363 g/mol. The minimum absolute atomic E-state index is 0.0688. The summed E-state index contributed by atoms with van der Waals surface area (Å²) in [7, 11) is 0. The summed E-state index contributed by atoms with van der Waals surface area (Å²) in [5.74, 6) is 3.95. The molecule has 132 valence electrons. The lowest BCUT2D eigenvalue weighted by molar-refractivity contribution is -0.228. The van der Waals surface area contributed by atoms with Crippen molar-refractivity contribution in [2.75, 3.05) is 5.32 Å². The SMILES string of the molecule is CC(C)(C)OC(=O)Nc1ccc(C#CC(C)(O)C(F)(F)F)cc1Cl. The Hall–Kier alpha value is -1.91. The van der Waals surface area contributed by atoms with E-state index in [-0.39, 0.29) is 16.3 Å². The summed E-state index contributed by atoms with van der Waals surface area (Å²) in [6, 6.07) is 4.00. The van der Waals surface area contributed by atoms with Gasteiger partial charge in [-0.1, -0.05) is 23.4 Å². The number of hydrogen-bond acceptors (Lipinski definition) is 3. The van der Waals surface area contributed by atoms with Crippen molar-refractivity contribution in [1.29, 1.82) is 0 Å². The van der Waals surface area contributed by atoms with Crippen LogP contribution in [0, 0.1) is 11.8 Å². The van der Waals surface area contributed by atoms with Gasteiger partial charge in [-0.05, 0) is 45.9 Å². The second-order valence-electron chi connectivity index (χ2n) is 6.14. The second kappa shape index (κ2) is 6.91. The van der Waals surface area contributed by atoms with Crippen LogP contribution in [0.15, 0.2) is 18.2 Å². The van der Waals surface area contributed by atoms with Crippen molar-refractivity contribution < 1.29 is 27.8 Å². The summed E-state index contributed by atoms with van der Waals surface area (Å²) < 4.78 is 42.6. The molecule has 24 heavy (non-hydrogen) atoms. The molecule has 0 aliphatic rings. The molecule has 2 N–H and O–H groups in total. The van der Waals surface area contributed by atoms with Gasteiger partial charge >= 0.3 is 12.3 Å². The van der Waals surface area contributed by atoms with Crippen LogP contribution in [0.1, 0.15) is 33.3 Å². The van der Waals surface area contributed by atoms with Crippen molar-refractivity contribution in [2.24, 2.45) is 0 Å². The molecule has 0 aromatic heterocycles. The van der Waals surface area contributed by atoms with E-state index in [9.17, 15) is 23.1 Å². The number of benzene rings is 1. The third-order valence-electron chi connectivity index (χ3n) is 2.61. The van der Waals surface area contributed by atoms with Gasteiger partial charge in [-0.2, -0.15) is 13.2 Å². The standard InChI is InChI=1S/C16H17ClF3NO3/c1-14(2,3)24-13(22)21-12-6-5-10(9-11(12)17)7-8-15(4,23)16(18,19)20/h5-6,9,23H,1-4H3,(H,21,22). The normalized spacial score (nSPS) is 14.2. The van der Waals surface area contributed by atoms with E-state index in [1.165, 1.54) is 18.2 Å². The molecule has 0 bridgehead atoms. The van der Waals surface area contributed by atoms with Crippen molar-refractivity contribution in [1.82, 2.24) is 0 Å². The molecule has 0 aliphatic carbocycles. The van der Waals surface area contributed by atoms with Crippen LogP contribution in [0.5, 0.6) is 0 Å². The van der Waals surface area contributed by atoms with Crippen LogP contribution >= 0.6 is 11.6 Å². The molecule has 1 aromatic rings. The van der Waals surface area contributed by atoms with E-state index in [1.807, 2.05) is 0 Å². The van der Waals surface area contributed by atoms with Crippen molar-refractivity contribution in [3.05, 3.63) is 28.8 Å². The van der Waals surface area contributed by atoms with Crippen LogP contribution in [0.2, 0.25) is 5.02 Å². The van der Waals surface area contributed by atoms with Gasteiger partial charge in [-0.3, -0.25) is 5.32 Å². The Morgan fingerprint density at radius 3 is 2.29 bits per heavy atom. The molecule has 1 aromatic carbocycles. The Bertz CT molecular complexity index is 683. The summed E-state index contributed by atoms with van der Waals surface area (Å²) >= 11 is 5.96. The van der Waals surface area contributed by atoms with Gasteiger partial charge in [-0.15, -0.1) is 0 Å². The third-order valence-corrected chi connectivity index (χ3v) is 2.92. The molecule has 0 radical (unpaired) electrons. The molecule has 1 atom stereocenters. The molecule has 0 heterocycles. The predicted molar refractivity (Wildman–Crippen MR) is 84.9 cm³/mol. The van der Waals surface area contributed by atoms with E-state index >= 15 is 0 Å². The zero-order valence-electron chi connectivity index (χ0n) is 13.5. The van der Waals surface area contributed by atoms with Gasteiger partial charge in [0.15, 0.2) is 0 Å². The quantitative estimate of drug-likeness (QED) is 0.729. The minimum atomic E-state index is -4.87. The maximum absolute atomic E-state index is 12.5. The Morgan fingerprint density at radius 2 is 1.83 bits per heavy atom. The van der Waals surface area contributed by atoms with E-state index in [0.29, 0.717) is 6.92 Å². The number of nitrogens with one attached hydrogen (secondary N) is 1. The molecule has 0 aliphatic heterocycles. The molecule has 0 fully saturated rings. The van der Waals surface area contributed by atoms with Crippen LogP contribution < -0.4 is 5.32 Å². The van der Waals surface area contributed by atoms with Gasteiger partial charge in [0.05, 0.1) is 10.7 Å². The van der Waals surface area contributed by atoms with Gasteiger partial charge < -0.3 is 9.84 Å². The number of aliphatic hydroxyl groups is 1. The molecular formula is C16H17ClF3NO3. The lowest BCUT2D eigenvalue weighted by Gasteiger charge is -2.20. The molecule has 1 unspecified atom stereocenters. The summed E-state index contributed by atoms with van der Waals surface area (Å²) in [6.07, 6.45) is -5.59. The number of anilines is 1. The van der Waals surface area contributed by atoms with E-state index in [1.54, 1.807) is 26.7 Å². The Kier molecular flexibility index (Phi) is 5.80. The first kappa shape index (κ1) is 20.1. The molecule has 4 nitrogen and oxygen atoms in total. The zero-order valence-corrected chi connectivity index (χ0v) is 14.3. The highest BCUT2D eigenvalue weighted by atomic mass is 35.5. The predicted octanol–water partition coefficient (Wildman–Crippen LogP) is 4.35. The van der Waals surface area contributed by atoms with Crippen LogP contribution in [-0.4, -0.2) is 28.6 Å². The highest BCUT2D eigenvalue weighted by Gasteiger charge is 2.48. The molecule has 0 spiro atoms. The van der Waals surface area contributed by atoms with Crippen molar-refractivity contribution in [3.63, 3.8) is 0 Å². The Balaban J connectivity index is 2.92. The van der Waals surface area contributed by atoms with Gasteiger partial charge in [0.2, 0.25) is 5.60 Å². The molecule has 8 heteroatoms. The highest BCUT2D eigenvalue weighted by molar-refractivity contribution is 6.33. The number of carbonyl (C=O) groups excluding carboxylic acids is 1. The lowest BCUT2D eigenvalue weighted by Crippen LogP contribution is -2.40. The Morgan fingerprint density at radius 1 is 1.25 bits per heavy atom. The highest BCUT2D eigenvalue weighted by Crippen LogP contribution is 2.29. The van der Waals surface area contributed by atoms with Crippen LogP contribution in [0.25, 0.3) is 0 Å². The summed E-state index contributed by atoms with van der Waals surface area (Å²) in [5, 5.41) is 11.7. The van der Waals surface area contributed by atoms with Gasteiger partial charge in [0, 0.05) is 5.56 Å². The largest absolute Gasteiger partial charge is 0.444 e. The van der Waals surface area contributed by atoms with Crippen molar-refractivity contribution in [2.45, 2.75) is 45.1 Å². The van der Waals surface area contributed by atoms with E-state index in [4.69, 9.17) is 16.3 Å². The average Bonchev–Trinajstić information content (AvgIpc) is 2.36. The fourth-order valence-electron chi connectivity index (χ4n) is 1.37. The minimum Gasteiger partial charge on any atom is -0.444 e.